The number of hydrogen-bond acceptors (Lipinski definition) is 1. The number of benzene rings is 1. The van der Waals surface area contributed by atoms with Crippen molar-refractivity contribution in [3.63, 3.8) is 0 Å². The number of nitrogens with one attached hydrogen (secondary N) is 2. The Morgan fingerprint density at radius 1 is 1.37 bits per heavy atom. The zero-order valence-electron chi connectivity index (χ0n) is 11.4. The molecule has 0 aliphatic carbocycles. The zero-order valence-corrected chi connectivity index (χ0v) is 11.4. The molecule has 1 aliphatic heterocycles. The van der Waals surface area contributed by atoms with E-state index in [1.165, 1.54) is 24.2 Å². The van der Waals surface area contributed by atoms with Gasteiger partial charge in [0.15, 0.2) is 0 Å². The summed E-state index contributed by atoms with van der Waals surface area (Å²) in [5, 5.41) is 1.05. The number of ketones is 1. The Bertz CT molecular complexity index is 587. The second kappa shape index (κ2) is 5.17. The fourth-order valence-electron chi connectivity index (χ4n) is 3.12. The molecule has 0 spiro atoms. The smallest absolute Gasteiger partial charge is 0.219 e. The molecule has 1 unspecified atom stereocenters. The number of para-hydroxylation sites is 1. The molecule has 2 aromatic rings. The van der Waals surface area contributed by atoms with Crippen molar-refractivity contribution in [2.45, 2.75) is 32.2 Å². The van der Waals surface area contributed by atoms with E-state index in [0.29, 0.717) is 12.6 Å². The van der Waals surface area contributed by atoms with Gasteiger partial charge in [-0.1, -0.05) is 18.2 Å². The number of piperidine rings is 1. The summed E-state index contributed by atoms with van der Waals surface area (Å²) >= 11 is 0. The van der Waals surface area contributed by atoms with E-state index in [1.807, 2.05) is 30.5 Å². The van der Waals surface area contributed by atoms with Gasteiger partial charge >= 0.3 is 0 Å². The van der Waals surface area contributed by atoms with Crippen LogP contribution >= 0.6 is 0 Å². The minimum Gasteiger partial charge on any atom is -0.360 e. The van der Waals surface area contributed by atoms with E-state index in [9.17, 15) is 4.79 Å². The molecule has 1 fully saturated rings. The standard InChI is InChI=1S/C16H20N2O/c1-12-6-4-5-9-18(12)11-16(19)14-10-17-15-8-3-2-7-13(14)15/h2-3,7-8,10,12,17H,4-6,9,11H2,1H3/p+1/t12-/m0/s1. The van der Waals surface area contributed by atoms with Crippen molar-refractivity contribution in [2.75, 3.05) is 13.1 Å². The van der Waals surface area contributed by atoms with Gasteiger partial charge in [0, 0.05) is 22.7 Å². The van der Waals surface area contributed by atoms with E-state index in [0.717, 1.165) is 23.0 Å². The number of H-pyrrole nitrogens is 1. The fraction of sp³-hybridized carbons (Fsp3) is 0.438. The summed E-state index contributed by atoms with van der Waals surface area (Å²) in [5.41, 5.74) is 1.90. The minimum absolute atomic E-state index is 0.265. The summed E-state index contributed by atoms with van der Waals surface area (Å²) in [7, 11) is 0. The van der Waals surface area contributed by atoms with Gasteiger partial charge in [0.05, 0.1) is 12.6 Å². The van der Waals surface area contributed by atoms with Gasteiger partial charge in [0.25, 0.3) is 0 Å². The minimum atomic E-state index is 0.265. The van der Waals surface area contributed by atoms with Crippen molar-refractivity contribution in [2.24, 2.45) is 0 Å². The maximum Gasteiger partial charge on any atom is 0.219 e. The van der Waals surface area contributed by atoms with Crippen molar-refractivity contribution in [3.8, 4) is 0 Å². The quantitative estimate of drug-likeness (QED) is 0.809. The van der Waals surface area contributed by atoms with Crippen LogP contribution in [-0.4, -0.2) is 29.9 Å². The molecule has 3 rings (SSSR count). The van der Waals surface area contributed by atoms with Crippen LogP contribution in [-0.2, 0) is 0 Å². The van der Waals surface area contributed by atoms with Crippen molar-refractivity contribution < 1.29 is 9.69 Å². The molecule has 0 radical (unpaired) electrons. The molecule has 19 heavy (non-hydrogen) atoms. The normalized spacial score (nSPS) is 23.6. The lowest BCUT2D eigenvalue weighted by atomic mass is 10.0. The Kier molecular flexibility index (Phi) is 3.38. The summed E-state index contributed by atoms with van der Waals surface area (Å²) in [6.07, 6.45) is 5.67. The first kappa shape index (κ1) is 12.4. The molecule has 2 N–H and O–H groups in total. The van der Waals surface area contributed by atoms with Crippen LogP contribution in [0.15, 0.2) is 30.5 Å². The van der Waals surface area contributed by atoms with Crippen LogP contribution < -0.4 is 4.90 Å². The zero-order chi connectivity index (χ0) is 13.2. The predicted molar refractivity (Wildman–Crippen MR) is 76.6 cm³/mol. The molecular formula is C16H21N2O+. The van der Waals surface area contributed by atoms with Gasteiger partial charge in [-0.3, -0.25) is 4.79 Å². The number of likely N-dealkylation sites (tertiary alicyclic amines) is 1. The first-order valence-corrected chi connectivity index (χ1v) is 7.19. The highest BCUT2D eigenvalue weighted by molar-refractivity contribution is 6.08. The van der Waals surface area contributed by atoms with Crippen LogP contribution in [0.25, 0.3) is 10.9 Å². The number of Topliss-reactive ketones (excluding diaryl/α,β-unsaturated/α-hetero) is 1. The molecular weight excluding hydrogens is 236 g/mol. The van der Waals surface area contributed by atoms with Crippen molar-refractivity contribution in [1.82, 2.24) is 4.98 Å². The number of carbonyl (C=O) groups excluding carboxylic acids is 1. The molecule has 2 atom stereocenters. The van der Waals surface area contributed by atoms with Crippen LogP contribution in [0, 0.1) is 0 Å². The van der Waals surface area contributed by atoms with Crippen LogP contribution in [0.1, 0.15) is 36.5 Å². The molecule has 3 nitrogen and oxygen atoms in total. The van der Waals surface area contributed by atoms with Crippen LogP contribution in [0.5, 0.6) is 0 Å². The summed E-state index contributed by atoms with van der Waals surface area (Å²) in [6.45, 7) is 4.02. The molecule has 0 saturated carbocycles. The predicted octanol–water partition coefficient (Wildman–Crippen LogP) is 1.81. The largest absolute Gasteiger partial charge is 0.360 e. The molecule has 3 heteroatoms. The first-order chi connectivity index (χ1) is 9.25. The molecule has 1 aliphatic rings. The number of fused-ring (bicyclic) bond motifs is 1. The Hall–Kier alpha value is -1.61. The fourth-order valence-corrected chi connectivity index (χ4v) is 3.12. The van der Waals surface area contributed by atoms with Gasteiger partial charge in [-0.25, -0.2) is 0 Å². The van der Waals surface area contributed by atoms with Crippen LogP contribution in [0.3, 0.4) is 0 Å². The summed E-state index contributed by atoms with van der Waals surface area (Å²) in [5.74, 6) is 0.265. The number of rotatable bonds is 3. The highest BCUT2D eigenvalue weighted by Gasteiger charge is 2.25. The molecule has 100 valence electrons. The molecule has 1 aromatic heterocycles. The third-order valence-corrected chi connectivity index (χ3v) is 4.36. The van der Waals surface area contributed by atoms with E-state index in [1.54, 1.807) is 0 Å². The second-order valence-corrected chi connectivity index (χ2v) is 5.65. The molecule has 1 saturated heterocycles. The second-order valence-electron chi connectivity index (χ2n) is 5.65. The van der Waals surface area contributed by atoms with Gasteiger partial charge < -0.3 is 9.88 Å². The lowest BCUT2D eigenvalue weighted by molar-refractivity contribution is -0.920. The number of aromatic nitrogens is 1. The topological polar surface area (TPSA) is 37.3 Å². The third kappa shape index (κ3) is 2.43. The number of carbonyl (C=O) groups is 1. The molecule has 1 aromatic carbocycles. The Balaban J connectivity index is 1.80. The summed E-state index contributed by atoms with van der Waals surface area (Å²) < 4.78 is 0. The van der Waals surface area contributed by atoms with Crippen LogP contribution in [0.4, 0.5) is 0 Å². The van der Waals surface area contributed by atoms with E-state index in [4.69, 9.17) is 0 Å². The Labute approximate surface area is 113 Å². The van der Waals surface area contributed by atoms with Crippen molar-refractivity contribution in [1.29, 1.82) is 0 Å². The first-order valence-electron chi connectivity index (χ1n) is 7.19. The Morgan fingerprint density at radius 2 is 2.21 bits per heavy atom. The summed E-state index contributed by atoms with van der Waals surface area (Å²) in [4.78, 5) is 17.1. The number of hydrogen-bond donors (Lipinski definition) is 2. The lowest BCUT2D eigenvalue weighted by Gasteiger charge is -2.29. The maximum atomic E-state index is 12.5. The highest BCUT2D eigenvalue weighted by Crippen LogP contribution is 2.17. The number of aromatic amines is 1. The molecule has 0 bridgehead atoms. The SMILES string of the molecule is C[C@H]1CCCC[NH+]1CC(=O)c1c[nH]c2ccccc12. The van der Waals surface area contributed by atoms with E-state index < -0.39 is 0 Å². The number of quaternary nitrogens is 1. The van der Waals surface area contributed by atoms with E-state index in [2.05, 4.69) is 11.9 Å². The maximum absolute atomic E-state index is 12.5. The van der Waals surface area contributed by atoms with Crippen LogP contribution in [0.2, 0.25) is 0 Å². The van der Waals surface area contributed by atoms with Gasteiger partial charge in [-0.2, -0.15) is 0 Å². The van der Waals surface area contributed by atoms with Gasteiger partial charge in [0.1, 0.15) is 6.54 Å². The molecule has 2 heterocycles. The van der Waals surface area contributed by atoms with E-state index >= 15 is 0 Å². The third-order valence-electron chi connectivity index (χ3n) is 4.36. The lowest BCUT2D eigenvalue weighted by Crippen LogP contribution is -3.16. The van der Waals surface area contributed by atoms with E-state index in [-0.39, 0.29) is 5.78 Å². The van der Waals surface area contributed by atoms with Gasteiger partial charge in [-0.05, 0) is 32.3 Å². The van der Waals surface area contributed by atoms with Gasteiger partial charge in [0.2, 0.25) is 5.78 Å². The molecule has 0 amide bonds. The summed E-state index contributed by atoms with van der Waals surface area (Å²) in [6, 6.07) is 8.63. The Morgan fingerprint density at radius 3 is 3.05 bits per heavy atom. The average molecular weight is 257 g/mol. The highest BCUT2D eigenvalue weighted by atomic mass is 16.1. The van der Waals surface area contributed by atoms with Crippen molar-refractivity contribution >= 4 is 16.7 Å². The average Bonchev–Trinajstić information content (AvgIpc) is 2.85. The van der Waals surface area contributed by atoms with Crippen molar-refractivity contribution in [3.05, 3.63) is 36.0 Å². The van der Waals surface area contributed by atoms with Gasteiger partial charge in [-0.15, -0.1) is 0 Å². The monoisotopic (exact) mass is 257 g/mol.